The second-order valence-corrected chi connectivity index (χ2v) is 15.5. The van der Waals surface area contributed by atoms with E-state index in [4.69, 9.17) is 0 Å². The smallest absolute Gasteiger partial charge is 0.0992 e. The lowest BCUT2D eigenvalue weighted by molar-refractivity contribution is 1.44. The fourth-order valence-corrected chi connectivity index (χ4v) is 9.87. The maximum atomic E-state index is 9.64. The van der Waals surface area contributed by atoms with Crippen LogP contribution in [0.3, 0.4) is 0 Å². The van der Waals surface area contributed by atoms with Gasteiger partial charge < -0.3 is 0 Å². The molecule has 4 nitrogen and oxygen atoms in total. The fourth-order valence-electron chi connectivity index (χ4n) is 7.39. The van der Waals surface area contributed by atoms with Crippen molar-refractivity contribution in [3.05, 3.63) is 180 Å². The monoisotopic (exact) mass is 746 g/mol. The molecule has 0 saturated heterocycles. The molecule has 2 heterocycles. The van der Waals surface area contributed by atoms with Crippen molar-refractivity contribution in [1.82, 2.24) is 0 Å². The van der Waals surface area contributed by atoms with Gasteiger partial charge in [-0.05, 0) is 105 Å². The van der Waals surface area contributed by atoms with Gasteiger partial charge in [0.15, 0.2) is 0 Å². The zero-order valence-electron chi connectivity index (χ0n) is 29.6. The van der Waals surface area contributed by atoms with Crippen LogP contribution in [0.25, 0.3) is 85.6 Å². The summed E-state index contributed by atoms with van der Waals surface area (Å²) in [6.45, 7) is 0. The molecule has 0 amide bonds. The summed E-state index contributed by atoms with van der Waals surface area (Å²) in [4.78, 5) is 2.24. The topological polar surface area (TPSA) is 95.2 Å². The molecule has 56 heavy (non-hydrogen) atoms. The van der Waals surface area contributed by atoms with Crippen molar-refractivity contribution in [2.24, 2.45) is 0 Å². The Morgan fingerprint density at radius 2 is 0.643 bits per heavy atom. The molecule has 2 aromatic heterocycles. The first-order valence-electron chi connectivity index (χ1n) is 17.8. The van der Waals surface area contributed by atoms with Crippen LogP contribution in [-0.4, -0.2) is 0 Å². The Labute approximate surface area is 331 Å². The lowest BCUT2D eigenvalue weighted by Crippen LogP contribution is -1.85. The van der Waals surface area contributed by atoms with Crippen LogP contribution in [0.5, 0.6) is 0 Å². The minimum Gasteiger partial charge on any atom is -0.192 e. The van der Waals surface area contributed by atoms with E-state index in [1.807, 2.05) is 60.7 Å². The molecule has 6 heteroatoms. The molecule has 0 N–H and O–H groups in total. The van der Waals surface area contributed by atoms with Crippen molar-refractivity contribution in [2.45, 2.75) is 0 Å². The van der Waals surface area contributed by atoms with Crippen molar-refractivity contribution >= 4 is 42.8 Å². The van der Waals surface area contributed by atoms with E-state index in [0.717, 1.165) is 54.3 Å². The summed E-state index contributed by atoms with van der Waals surface area (Å²) in [6, 6.07) is 61.8. The van der Waals surface area contributed by atoms with Gasteiger partial charge in [-0.1, -0.05) is 97.1 Å². The first-order valence-corrected chi connectivity index (χ1v) is 19.4. The Kier molecular flexibility index (Phi) is 8.76. The van der Waals surface area contributed by atoms with Crippen LogP contribution < -0.4 is 0 Å². The normalized spacial score (nSPS) is 10.8. The van der Waals surface area contributed by atoms with Gasteiger partial charge in [-0.3, -0.25) is 0 Å². The van der Waals surface area contributed by atoms with Crippen molar-refractivity contribution in [1.29, 1.82) is 21.0 Å². The van der Waals surface area contributed by atoms with E-state index in [1.54, 1.807) is 34.8 Å². The summed E-state index contributed by atoms with van der Waals surface area (Å²) in [5.74, 6) is 0. The Bertz CT molecular complexity index is 2850. The molecule has 9 aromatic rings. The largest absolute Gasteiger partial charge is 0.192 e. The van der Waals surface area contributed by atoms with E-state index in [-0.39, 0.29) is 0 Å². The van der Waals surface area contributed by atoms with Crippen molar-refractivity contribution in [3.63, 3.8) is 0 Å². The van der Waals surface area contributed by atoms with Gasteiger partial charge in [-0.15, -0.1) is 22.7 Å². The molecular formula is C50H26N4S2. The van der Waals surface area contributed by atoms with Crippen LogP contribution >= 0.6 is 22.7 Å². The molecule has 9 rings (SSSR count). The van der Waals surface area contributed by atoms with Gasteiger partial charge in [0, 0.05) is 41.1 Å². The summed E-state index contributed by atoms with van der Waals surface area (Å²) in [5.41, 5.74) is 12.1. The zero-order chi connectivity index (χ0) is 38.2. The number of nitrogens with zero attached hydrogens (tertiary/aromatic N) is 4. The summed E-state index contributed by atoms with van der Waals surface area (Å²) in [7, 11) is 0. The fraction of sp³-hybridized carbons (Fsp3) is 0. The van der Waals surface area contributed by atoms with Crippen LogP contribution in [0.1, 0.15) is 22.3 Å². The molecule has 0 bridgehead atoms. The molecule has 7 aromatic carbocycles. The van der Waals surface area contributed by atoms with Gasteiger partial charge in [0.05, 0.1) is 46.5 Å². The lowest BCUT2D eigenvalue weighted by Gasteiger charge is -2.12. The van der Waals surface area contributed by atoms with Crippen molar-refractivity contribution in [2.75, 3.05) is 0 Å². The van der Waals surface area contributed by atoms with Crippen LogP contribution in [-0.2, 0) is 0 Å². The number of nitriles is 4. The van der Waals surface area contributed by atoms with E-state index < -0.39 is 0 Å². The second kappa shape index (κ2) is 14.3. The molecule has 0 atom stereocenters. The molecule has 258 valence electrons. The number of benzene rings is 7. The number of thiophene rings is 2. The average molecular weight is 747 g/mol. The summed E-state index contributed by atoms with van der Waals surface area (Å²) in [6.07, 6.45) is 0. The van der Waals surface area contributed by atoms with E-state index >= 15 is 0 Å². The molecule has 0 saturated carbocycles. The number of hydrogen-bond acceptors (Lipinski definition) is 6. The molecule has 0 fully saturated rings. The molecule has 0 spiro atoms. The van der Waals surface area contributed by atoms with Gasteiger partial charge in [-0.2, -0.15) is 21.0 Å². The minimum atomic E-state index is 0.457. The van der Waals surface area contributed by atoms with Crippen molar-refractivity contribution < 1.29 is 0 Å². The SMILES string of the molecule is N#Cc1cc(C#N)cc(-c2cccc(-c3cc4c(-c5ccccc5)c5sc(-c6cccc(-c7cc(C#N)cc(C#N)c7)c6)cc5c(-c5ccccc5)c4s3)c2)c1. The third kappa shape index (κ3) is 6.19. The summed E-state index contributed by atoms with van der Waals surface area (Å²) >= 11 is 3.55. The quantitative estimate of drug-likeness (QED) is 0.169. The standard InChI is InChI=1S/C50H26N4S2/c51-27-31-17-32(28-52)20-41(19-31)37-13-7-15-39(23-37)45-25-43-47(35-9-3-1-4-10-35)49-44(48(50(43)56-45)36-11-5-2-6-12-36)26-46(55-49)40-16-8-14-38(24-40)42-21-33(29-53)18-34(22-42)30-54/h1-26H. The predicted molar refractivity (Wildman–Crippen MR) is 229 cm³/mol. The van der Waals surface area contributed by atoms with Gasteiger partial charge in [-0.25, -0.2) is 0 Å². The summed E-state index contributed by atoms with van der Waals surface area (Å²) in [5, 5.41) is 40.9. The lowest BCUT2D eigenvalue weighted by atomic mass is 9.93. The highest BCUT2D eigenvalue weighted by atomic mass is 32.1. The van der Waals surface area contributed by atoms with E-state index in [2.05, 4.69) is 109 Å². The Hall–Kier alpha value is -7.58. The van der Waals surface area contributed by atoms with Gasteiger partial charge in [0.2, 0.25) is 0 Å². The highest BCUT2D eigenvalue weighted by Gasteiger charge is 2.23. The van der Waals surface area contributed by atoms with Crippen LogP contribution in [0.2, 0.25) is 0 Å². The van der Waals surface area contributed by atoms with E-state index in [9.17, 15) is 21.0 Å². The van der Waals surface area contributed by atoms with Gasteiger partial charge in [0.1, 0.15) is 0 Å². The summed E-state index contributed by atoms with van der Waals surface area (Å²) < 4.78 is 2.38. The third-order valence-corrected chi connectivity index (χ3v) is 12.3. The number of rotatable bonds is 6. The molecule has 0 unspecified atom stereocenters. The van der Waals surface area contributed by atoms with E-state index in [1.165, 1.54) is 31.3 Å². The molecule has 0 aliphatic rings. The van der Waals surface area contributed by atoms with Crippen LogP contribution in [0.15, 0.2) is 158 Å². The van der Waals surface area contributed by atoms with Crippen LogP contribution in [0, 0.1) is 45.3 Å². The molecular weight excluding hydrogens is 721 g/mol. The molecule has 0 radical (unpaired) electrons. The van der Waals surface area contributed by atoms with E-state index in [0.29, 0.717) is 22.3 Å². The van der Waals surface area contributed by atoms with Gasteiger partial charge >= 0.3 is 0 Å². The average Bonchev–Trinajstić information content (AvgIpc) is 3.91. The second-order valence-electron chi connectivity index (χ2n) is 13.4. The zero-order valence-corrected chi connectivity index (χ0v) is 31.2. The first kappa shape index (κ1) is 34.2. The minimum absolute atomic E-state index is 0.457. The van der Waals surface area contributed by atoms with Gasteiger partial charge in [0.25, 0.3) is 0 Å². The highest BCUT2D eigenvalue weighted by Crippen LogP contribution is 2.52. The Morgan fingerprint density at radius 1 is 0.304 bits per heavy atom. The maximum absolute atomic E-state index is 9.64. The molecule has 0 aliphatic heterocycles. The molecule has 0 aliphatic carbocycles. The first-order chi connectivity index (χ1) is 27.5. The highest BCUT2D eigenvalue weighted by molar-refractivity contribution is 7.25. The number of hydrogen-bond donors (Lipinski definition) is 0. The maximum Gasteiger partial charge on any atom is 0.0992 e. The van der Waals surface area contributed by atoms with Crippen molar-refractivity contribution in [3.8, 4) is 89.7 Å². The Morgan fingerprint density at radius 3 is 1.00 bits per heavy atom. The number of fused-ring (bicyclic) bond motifs is 2. The third-order valence-electron chi connectivity index (χ3n) is 9.93. The van der Waals surface area contributed by atoms with Crippen LogP contribution in [0.4, 0.5) is 0 Å². The Balaban J connectivity index is 1.28. The predicted octanol–water partition coefficient (Wildman–Crippen LogP) is 13.6.